The van der Waals surface area contributed by atoms with Crippen molar-refractivity contribution in [3.63, 3.8) is 0 Å². The fraction of sp³-hybridized carbons (Fsp3) is 0.158. The highest BCUT2D eigenvalue weighted by atomic mass is 35.5. The van der Waals surface area contributed by atoms with E-state index in [1.807, 2.05) is 19.9 Å². The number of carbonyl (C=O) groups excluding carboxylic acids is 1. The van der Waals surface area contributed by atoms with Crippen molar-refractivity contribution in [1.82, 2.24) is 5.16 Å². The molecular formula is C19H15Cl2FN2O2. The van der Waals surface area contributed by atoms with E-state index in [4.69, 9.17) is 27.7 Å². The Morgan fingerprint density at radius 1 is 1.15 bits per heavy atom. The van der Waals surface area contributed by atoms with Crippen LogP contribution in [0.5, 0.6) is 0 Å². The molecule has 7 heteroatoms. The Balaban J connectivity index is 2.06. The molecule has 4 nitrogen and oxygen atoms in total. The average Bonchev–Trinajstić information content (AvgIpc) is 2.92. The Bertz CT molecular complexity index is 972. The first-order chi connectivity index (χ1) is 12.3. The lowest BCUT2D eigenvalue weighted by Crippen LogP contribution is -2.15. The maximum atomic E-state index is 14.3. The first-order valence-electron chi connectivity index (χ1n) is 7.78. The van der Waals surface area contributed by atoms with Crippen LogP contribution in [0.25, 0.3) is 11.3 Å². The fourth-order valence-corrected chi connectivity index (χ4v) is 3.41. The van der Waals surface area contributed by atoms with Crippen molar-refractivity contribution >= 4 is 34.8 Å². The Labute approximate surface area is 159 Å². The Kier molecular flexibility index (Phi) is 5.03. The highest BCUT2D eigenvalue weighted by Gasteiger charge is 2.26. The predicted octanol–water partition coefficient (Wildman–Crippen LogP) is 5.97. The van der Waals surface area contributed by atoms with Gasteiger partial charge in [0.15, 0.2) is 0 Å². The van der Waals surface area contributed by atoms with E-state index in [2.05, 4.69) is 10.5 Å². The second kappa shape index (κ2) is 7.09. The van der Waals surface area contributed by atoms with Crippen molar-refractivity contribution in [2.24, 2.45) is 0 Å². The zero-order valence-electron chi connectivity index (χ0n) is 14.3. The zero-order valence-corrected chi connectivity index (χ0v) is 15.8. The molecule has 3 rings (SSSR count). The summed E-state index contributed by atoms with van der Waals surface area (Å²) in [6.07, 6.45) is 0. The molecule has 0 bridgehead atoms. The third kappa shape index (κ3) is 3.32. The Morgan fingerprint density at radius 3 is 2.54 bits per heavy atom. The first-order valence-corrected chi connectivity index (χ1v) is 8.54. The summed E-state index contributed by atoms with van der Waals surface area (Å²) in [6.45, 7) is 5.32. The van der Waals surface area contributed by atoms with E-state index in [1.165, 1.54) is 18.2 Å². The molecule has 0 saturated carbocycles. The molecule has 0 fully saturated rings. The lowest BCUT2D eigenvalue weighted by atomic mass is 10.0. The van der Waals surface area contributed by atoms with Gasteiger partial charge in [0.1, 0.15) is 22.8 Å². The van der Waals surface area contributed by atoms with Crippen molar-refractivity contribution in [2.75, 3.05) is 5.32 Å². The van der Waals surface area contributed by atoms with Crippen LogP contribution in [0.3, 0.4) is 0 Å². The molecule has 26 heavy (non-hydrogen) atoms. The van der Waals surface area contributed by atoms with Gasteiger partial charge in [-0.25, -0.2) is 4.39 Å². The maximum Gasteiger partial charge on any atom is 0.261 e. The third-order valence-corrected chi connectivity index (χ3v) is 4.57. The second-order valence-electron chi connectivity index (χ2n) is 5.95. The predicted molar refractivity (Wildman–Crippen MR) is 101 cm³/mol. The summed E-state index contributed by atoms with van der Waals surface area (Å²) in [5.74, 6) is -0.853. The van der Waals surface area contributed by atoms with E-state index in [1.54, 1.807) is 13.0 Å². The van der Waals surface area contributed by atoms with Crippen molar-refractivity contribution in [2.45, 2.75) is 20.8 Å². The number of carbonyl (C=O) groups is 1. The molecule has 0 saturated heterocycles. The number of anilines is 1. The molecule has 3 aromatic rings. The minimum Gasteiger partial charge on any atom is -0.360 e. The second-order valence-corrected chi connectivity index (χ2v) is 6.77. The highest BCUT2D eigenvalue weighted by Crippen LogP contribution is 2.34. The van der Waals surface area contributed by atoms with Gasteiger partial charge in [-0.2, -0.15) is 0 Å². The van der Waals surface area contributed by atoms with Gasteiger partial charge in [0, 0.05) is 0 Å². The van der Waals surface area contributed by atoms with E-state index < -0.39 is 11.7 Å². The van der Waals surface area contributed by atoms with E-state index >= 15 is 0 Å². The Morgan fingerprint density at radius 2 is 1.88 bits per heavy atom. The number of aryl methyl sites for hydroxylation is 3. The largest absolute Gasteiger partial charge is 0.360 e. The Hall–Kier alpha value is -2.37. The summed E-state index contributed by atoms with van der Waals surface area (Å²) in [5.41, 5.74) is 2.43. The summed E-state index contributed by atoms with van der Waals surface area (Å²) in [7, 11) is 0. The molecule has 1 aromatic heterocycles. The van der Waals surface area contributed by atoms with Crippen LogP contribution >= 0.6 is 23.2 Å². The van der Waals surface area contributed by atoms with Gasteiger partial charge >= 0.3 is 0 Å². The number of nitrogens with one attached hydrogen (secondary N) is 1. The average molecular weight is 393 g/mol. The number of amides is 1. The van der Waals surface area contributed by atoms with E-state index in [-0.39, 0.29) is 27.6 Å². The van der Waals surface area contributed by atoms with Gasteiger partial charge in [-0.1, -0.05) is 40.5 Å². The van der Waals surface area contributed by atoms with Crippen LogP contribution < -0.4 is 5.32 Å². The molecule has 0 spiro atoms. The van der Waals surface area contributed by atoms with Crippen LogP contribution in [-0.2, 0) is 0 Å². The highest BCUT2D eigenvalue weighted by molar-refractivity contribution is 6.34. The monoisotopic (exact) mass is 392 g/mol. The van der Waals surface area contributed by atoms with Gasteiger partial charge in [-0.3, -0.25) is 4.79 Å². The fourth-order valence-electron chi connectivity index (χ4n) is 2.78. The summed E-state index contributed by atoms with van der Waals surface area (Å²) in [5, 5.41) is 7.15. The summed E-state index contributed by atoms with van der Waals surface area (Å²) in [6, 6.07) is 7.89. The van der Waals surface area contributed by atoms with E-state index in [0.717, 1.165) is 11.1 Å². The zero-order chi connectivity index (χ0) is 19.0. The van der Waals surface area contributed by atoms with E-state index in [0.29, 0.717) is 10.7 Å². The summed E-state index contributed by atoms with van der Waals surface area (Å²) >= 11 is 12.4. The van der Waals surface area contributed by atoms with Crippen molar-refractivity contribution in [3.8, 4) is 11.3 Å². The van der Waals surface area contributed by atoms with E-state index in [9.17, 15) is 9.18 Å². The minimum absolute atomic E-state index is 0.0166. The third-order valence-electron chi connectivity index (χ3n) is 3.96. The number of rotatable bonds is 3. The molecule has 0 radical (unpaired) electrons. The smallest absolute Gasteiger partial charge is 0.261 e. The quantitative estimate of drug-likeness (QED) is 0.597. The normalized spacial score (nSPS) is 10.8. The van der Waals surface area contributed by atoms with Gasteiger partial charge in [-0.05, 0) is 50.1 Å². The number of nitrogens with zero attached hydrogens (tertiary/aromatic N) is 1. The number of benzene rings is 2. The number of hydrogen-bond donors (Lipinski definition) is 1. The van der Waals surface area contributed by atoms with Crippen LogP contribution in [0, 0.1) is 26.6 Å². The number of hydrogen-bond acceptors (Lipinski definition) is 3. The van der Waals surface area contributed by atoms with Crippen LogP contribution in [0.2, 0.25) is 10.0 Å². The molecule has 0 unspecified atom stereocenters. The lowest BCUT2D eigenvalue weighted by molar-refractivity contribution is 0.102. The molecule has 0 atom stereocenters. The van der Waals surface area contributed by atoms with Crippen molar-refractivity contribution in [3.05, 3.63) is 68.6 Å². The standard InChI is InChI=1S/C19H15Cl2FN2O2/c1-9-7-10(2)17(13(21)8-9)23-19(25)15-11(3)26-24-18(15)16-12(20)5-4-6-14(16)22/h4-8H,1-3H3,(H,23,25). The molecule has 0 aliphatic rings. The molecule has 1 N–H and O–H groups in total. The molecule has 1 amide bonds. The van der Waals surface area contributed by atoms with Crippen molar-refractivity contribution in [1.29, 1.82) is 0 Å². The summed E-state index contributed by atoms with van der Waals surface area (Å²) in [4.78, 5) is 12.9. The van der Waals surface area contributed by atoms with Gasteiger partial charge in [0.2, 0.25) is 0 Å². The SMILES string of the molecule is Cc1cc(C)c(NC(=O)c2c(-c3c(F)cccc3Cl)noc2C)c(Cl)c1. The number of aromatic nitrogens is 1. The molecule has 134 valence electrons. The summed E-state index contributed by atoms with van der Waals surface area (Å²) < 4.78 is 19.4. The van der Waals surface area contributed by atoms with Crippen molar-refractivity contribution < 1.29 is 13.7 Å². The van der Waals surface area contributed by atoms with Gasteiger partial charge in [-0.15, -0.1) is 0 Å². The topological polar surface area (TPSA) is 55.1 Å². The van der Waals surface area contributed by atoms with Crippen LogP contribution in [0.1, 0.15) is 27.2 Å². The van der Waals surface area contributed by atoms with Crippen LogP contribution in [0.4, 0.5) is 10.1 Å². The molecule has 2 aromatic carbocycles. The van der Waals surface area contributed by atoms with Crippen LogP contribution in [-0.4, -0.2) is 11.1 Å². The first kappa shape index (κ1) is 18.4. The molecule has 0 aliphatic heterocycles. The molecular weight excluding hydrogens is 378 g/mol. The molecule has 1 heterocycles. The number of halogens is 3. The molecule has 0 aliphatic carbocycles. The van der Waals surface area contributed by atoms with Gasteiger partial charge in [0.05, 0.1) is 21.3 Å². The van der Waals surface area contributed by atoms with Crippen LogP contribution in [0.15, 0.2) is 34.9 Å². The lowest BCUT2D eigenvalue weighted by Gasteiger charge is -2.12. The maximum absolute atomic E-state index is 14.3. The van der Waals surface area contributed by atoms with Gasteiger partial charge < -0.3 is 9.84 Å². The minimum atomic E-state index is -0.593. The van der Waals surface area contributed by atoms with Gasteiger partial charge in [0.25, 0.3) is 5.91 Å².